The molecule has 0 fully saturated rings. The van der Waals surface area contributed by atoms with Crippen molar-refractivity contribution in [3.8, 4) is 22.3 Å². The van der Waals surface area contributed by atoms with Crippen LogP contribution in [0.25, 0.3) is 51.0 Å². The SMILES string of the molecule is C=Cc1ccc(-c2cc3c(/C=C\N)nc4c(C(C)(CC)CC)ccc(-c5ccccc5C)c4n3c2)cc1.CC.CC.CCCC. The molecule has 0 saturated carbocycles. The summed E-state index contributed by atoms with van der Waals surface area (Å²) in [5.41, 5.74) is 18.4. The fraction of sp³-hybridized carbons (Fsp3) is 0.357. The molecule has 3 aromatic carbocycles. The molecule has 0 aliphatic carbocycles. The molecule has 0 saturated heterocycles. The van der Waals surface area contributed by atoms with Gasteiger partial charge in [-0.3, -0.25) is 0 Å². The monoisotopic (exact) mass is 603 g/mol. The second-order valence-electron chi connectivity index (χ2n) is 11.1. The standard InChI is InChI=1S/C34H35N3.C4H10.2C2H6/c1-6-24-13-15-25(16-14-24)26-21-31-30(19-20-35)36-32-29(34(5,7-2)8-3)18-17-28(33(32)37(31)22-26)27-12-10-9-11-23(27)4;1-3-4-2;2*1-2/h6,9-22H,1,7-8,35H2,2-5H3;3-4H2,1-2H3;2*1-2H3/b20-19-;;;. The summed E-state index contributed by atoms with van der Waals surface area (Å²) in [5.74, 6) is 0. The highest BCUT2D eigenvalue weighted by molar-refractivity contribution is 5.98. The molecule has 0 aliphatic heterocycles. The molecule has 0 aliphatic rings. The molecule has 0 spiro atoms. The summed E-state index contributed by atoms with van der Waals surface area (Å²) in [6.07, 6.45) is 12.3. The van der Waals surface area contributed by atoms with E-state index in [1.165, 1.54) is 35.1 Å². The van der Waals surface area contributed by atoms with Gasteiger partial charge in [0, 0.05) is 17.3 Å². The van der Waals surface area contributed by atoms with Crippen molar-refractivity contribution < 1.29 is 0 Å². The number of rotatable bonds is 8. The molecular formula is C42H57N3. The Kier molecular flexibility index (Phi) is 14.8. The lowest BCUT2D eigenvalue weighted by Crippen LogP contribution is -2.21. The lowest BCUT2D eigenvalue weighted by Gasteiger charge is -2.29. The average molecular weight is 604 g/mol. The first kappa shape index (κ1) is 37.1. The molecule has 3 nitrogen and oxygen atoms in total. The van der Waals surface area contributed by atoms with Gasteiger partial charge in [0.15, 0.2) is 0 Å². The predicted octanol–water partition coefficient (Wildman–Crippen LogP) is 12.6. The van der Waals surface area contributed by atoms with E-state index in [1.807, 2.05) is 39.8 Å². The van der Waals surface area contributed by atoms with Crippen molar-refractivity contribution in [1.29, 1.82) is 0 Å². The van der Waals surface area contributed by atoms with Crippen LogP contribution in [0.4, 0.5) is 0 Å². The maximum atomic E-state index is 5.92. The van der Waals surface area contributed by atoms with Crippen LogP contribution in [0.1, 0.15) is 110 Å². The molecule has 5 rings (SSSR count). The maximum Gasteiger partial charge on any atom is 0.0922 e. The first-order valence-corrected chi connectivity index (χ1v) is 17.0. The summed E-state index contributed by atoms with van der Waals surface area (Å²) in [6, 6.07) is 23.9. The molecule has 45 heavy (non-hydrogen) atoms. The van der Waals surface area contributed by atoms with Gasteiger partial charge in [-0.15, -0.1) is 0 Å². The maximum absolute atomic E-state index is 5.92. The van der Waals surface area contributed by atoms with E-state index in [0.29, 0.717) is 0 Å². The minimum Gasteiger partial charge on any atom is -0.405 e. The van der Waals surface area contributed by atoms with Crippen molar-refractivity contribution in [3.63, 3.8) is 0 Å². The Labute approximate surface area is 273 Å². The van der Waals surface area contributed by atoms with E-state index in [0.717, 1.165) is 51.8 Å². The Balaban J connectivity index is 0.000000804. The first-order valence-electron chi connectivity index (χ1n) is 17.0. The van der Waals surface area contributed by atoms with Crippen LogP contribution in [0.15, 0.2) is 85.7 Å². The van der Waals surface area contributed by atoms with E-state index < -0.39 is 0 Å². The molecule has 0 amide bonds. The van der Waals surface area contributed by atoms with E-state index in [-0.39, 0.29) is 5.41 Å². The van der Waals surface area contributed by atoms with Gasteiger partial charge in [-0.1, -0.05) is 148 Å². The van der Waals surface area contributed by atoms with Crippen molar-refractivity contribution in [1.82, 2.24) is 9.38 Å². The predicted molar refractivity (Wildman–Crippen MR) is 203 cm³/mol. The smallest absolute Gasteiger partial charge is 0.0922 e. The van der Waals surface area contributed by atoms with Crippen LogP contribution in [0.3, 0.4) is 0 Å². The van der Waals surface area contributed by atoms with Gasteiger partial charge in [0.05, 0.1) is 22.2 Å². The molecule has 0 unspecified atom stereocenters. The highest BCUT2D eigenvalue weighted by atomic mass is 14.9. The number of hydrogen-bond donors (Lipinski definition) is 1. The van der Waals surface area contributed by atoms with Gasteiger partial charge in [-0.05, 0) is 71.3 Å². The van der Waals surface area contributed by atoms with Crippen LogP contribution in [-0.4, -0.2) is 9.38 Å². The molecule has 2 aromatic heterocycles. The van der Waals surface area contributed by atoms with Gasteiger partial charge < -0.3 is 10.1 Å². The minimum atomic E-state index is 0.0173. The van der Waals surface area contributed by atoms with Gasteiger partial charge in [-0.25, -0.2) is 4.98 Å². The van der Waals surface area contributed by atoms with Gasteiger partial charge in [0.1, 0.15) is 0 Å². The summed E-state index contributed by atoms with van der Waals surface area (Å²) in [4.78, 5) is 5.30. The Morgan fingerprint density at radius 1 is 0.822 bits per heavy atom. The summed E-state index contributed by atoms with van der Waals surface area (Å²) < 4.78 is 2.32. The lowest BCUT2D eigenvalue weighted by molar-refractivity contribution is 0.442. The summed E-state index contributed by atoms with van der Waals surface area (Å²) in [5, 5.41) is 0. The second-order valence-corrected chi connectivity index (χ2v) is 11.1. The van der Waals surface area contributed by atoms with Crippen molar-refractivity contribution in [2.75, 3.05) is 0 Å². The molecule has 5 aromatic rings. The zero-order chi connectivity index (χ0) is 33.6. The van der Waals surface area contributed by atoms with Gasteiger partial charge >= 0.3 is 0 Å². The van der Waals surface area contributed by atoms with Gasteiger partial charge in [-0.2, -0.15) is 0 Å². The molecule has 0 bridgehead atoms. The van der Waals surface area contributed by atoms with Crippen molar-refractivity contribution in [2.24, 2.45) is 5.73 Å². The number of hydrogen-bond acceptors (Lipinski definition) is 2. The average Bonchev–Trinajstić information content (AvgIpc) is 3.56. The minimum absolute atomic E-state index is 0.0173. The van der Waals surface area contributed by atoms with E-state index >= 15 is 0 Å². The van der Waals surface area contributed by atoms with Gasteiger partial charge in [0.25, 0.3) is 0 Å². The third-order valence-corrected chi connectivity index (χ3v) is 8.59. The van der Waals surface area contributed by atoms with Gasteiger partial charge in [0.2, 0.25) is 0 Å². The molecule has 2 heterocycles. The van der Waals surface area contributed by atoms with E-state index in [4.69, 9.17) is 10.7 Å². The number of unbranched alkanes of at least 4 members (excludes halogenated alkanes) is 1. The second kappa shape index (κ2) is 18.0. The highest BCUT2D eigenvalue weighted by Crippen LogP contribution is 2.41. The molecule has 3 heteroatoms. The molecular weight excluding hydrogens is 546 g/mol. The number of nitrogens with zero attached hydrogens (tertiary/aromatic N) is 2. The number of fused-ring (bicyclic) bond motifs is 3. The van der Waals surface area contributed by atoms with Crippen molar-refractivity contribution in [2.45, 2.75) is 100 Å². The van der Waals surface area contributed by atoms with Crippen LogP contribution >= 0.6 is 0 Å². The van der Waals surface area contributed by atoms with E-state index in [1.54, 1.807) is 6.20 Å². The lowest BCUT2D eigenvalue weighted by atomic mass is 9.76. The number of nitrogens with two attached hydrogens (primary N) is 1. The number of aromatic nitrogens is 2. The largest absolute Gasteiger partial charge is 0.405 e. The third kappa shape index (κ3) is 8.14. The summed E-state index contributed by atoms with van der Waals surface area (Å²) in [6.45, 7) is 25.3. The Bertz CT molecular complexity index is 1660. The van der Waals surface area contributed by atoms with Crippen LogP contribution in [0.5, 0.6) is 0 Å². The molecule has 0 atom stereocenters. The van der Waals surface area contributed by atoms with E-state index in [9.17, 15) is 0 Å². The molecule has 240 valence electrons. The fourth-order valence-corrected chi connectivity index (χ4v) is 5.35. The van der Waals surface area contributed by atoms with Crippen molar-refractivity contribution >= 4 is 28.7 Å². The van der Waals surface area contributed by atoms with Crippen LogP contribution in [0.2, 0.25) is 0 Å². The van der Waals surface area contributed by atoms with E-state index in [2.05, 4.69) is 125 Å². The number of aryl methyl sites for hydroxylation is 1. The van der Waals surface area contributed by atoms with Crippen LogP contribution in [0, 0.1) is 6.92 Å². The topological polar surface area (TPSA) is 43.3 Å². The zero-order valence-corrected chi connectivity index (χ0v) is 29.7. The van der Waals surface area contributed by atoms with Crippen LogP contribution < -0.4 is 5.73 Å². The Morgan fingerprint density at radius 3 is 1.98 bits per heavy atom. The van der Waals surface area contributed by atoms with Crippen molar-refractivity contribution in [3.05, 3.63) is 108 Å². The summed E-state index contributed by atoms with van der Waals surface area (Å²) >= 11 is 0. The normalized spacial score (nSPS) is 10.9. The fourth-order valence-electron chi connectivity index (χ4n) is 5.35. The molecule has 0 radical (unpaired) electrons. The quantitative estimate of drug-likeness (QED) is 0.192. The number of benzene rings is 3. The Hall–Kier alpha value is -4.11. The van der Waals surface area contributed by atoms with Crippen LogP contribution in [-0.2, 0) is 5.41 Å². The third-order valence-electron chi connectivity index (χ3n) is 8.59. The molecule has 2 N–H and O–H groups in total. The zero-order valence-electron chi connectivity index (χ0n) is 29.7. The summed E-state index contributed by atoms with van der Waals surface area (Å²) in [7, 11) is 0. The first-order chi connectivity index (χ1) is 21.8. The Morgan fingerprint density at radius 2 is 1.44 bits per heavy atom. The highest BCUT2D eigenvalue weighted by Gasteiger charge is 2.28.